The lowest BCUT2D eigenvalue weighted by atomic mass is 10.00. The highest BCUT2D eigenvalue weighted by atomic mass is 16.5. The van der Waals surface area contributed by atoms with Gasteiger partial charge in [0, 0.05) is 6.61 Å². The van der Waals surface area contributed by atoms with Crippen molar-refractivity contribution in [2.45, 2.75) is 58.9 Å². The second-order valence-electron chi connectivity index (χ2n) is 6.08. The van der Waals surface area contributed by atoms with Gasteiger partial charge in [-0.25, -0.2) is 0 Å². The second-order valence-corrected chi connectivity index (χ2v) is 6.08. The van der Waals surface area contributed by atoms with Gasteiger partial charge >= 0.3 is 0 Å². The van der Waals surface area contributed by atoms with E-state index in [-0.39, 0.29) is 6.04 Å². The third kappa shape index (κ3) is 7.06. The van der Waals surface area contributed by atoms with Crippen LogP contribution in [0, 0.1) is 5.92 Å². The number of ether oxygens (including phenoxy) is 1. The molecule has 1 atom stereocenters. The molecule has 0 saturated heterocycles. The summed E-state index contributed by atoms with van der Waals surface area (Å²) in [6.45, 7) is 8.16. The highest BCUT2D eigenvalue weighted by Gasteiger charge is 2.06. The molecule has 0 radical (unpaired) electrons. The molecule has 2 N–H and O–H groups in total. The minimum Gasteiger partial charge on any atom is -0.379 e. The van der Waals surface area contributed by atoms with Crippen LogP contribution in [0.25, 0.3) is 0 Å². The summed E-state index contributed by atoms with van der Waals surface area (Å²) in [4.78, 5) is 0. The fourth-order valence-electron chi connectivity index (χ4n) is 2.31. The molecular formula is C18H31NO. The Labute approximate surface area is 124 Å². The highest BCUT2D eigenvalue weighted by Crippen LogP contribution is 2.14. The predicted molar refractivity (Wildman–Crippen MR) is 86.9 cm³/mol. The lowest BCUT2D eigenvalue weighted by molar-refractivity contribution is 0.117. The maximum Gasteiger partial charge on any atom is 0.0659 e. The number of benzene rings is 1. The van der Waals surface area contributed by atoms with Crippen molar-refractivity contribution in [3.63, 3.8) is 0 Å². The normalized spacial score (nSPS) is 12.8. The summed E-state index contributed by atoms with van der Waals surface area (Å²) in [6.07, 6.45) is 6.10. The largest absolute Gasteiger partial charge is 0.379 e. The number of rotatable bonds is 10. The number of unbranched alkanes of at least 4 members (excludes halogenated alkanes) is 3. The molecule has 0 aliphatic carbocycles. The molecular weight excluding hydrogens is 246 g/mol. The summed E-state index contributed by atoms with van der Waals surface area (Å²) in [6, 6.07) is 8.66. The van der Waals surface area contributed by atoms with E-state index >= 15 is 0 Å². The monoisotopic (exact) mass is 277 g/mol. The van der Waals surface area contributed by atoms with Crippen LogP contribution in [-0.2, 0) is 11.2 Å². The Morgan fingerprint density at radius 3 is 2.35 bits per heavy atom. The Kier molecular flexibility index (Phi) is 8.56. The van der Waals surface area contributed by atoms with E-state index in [2.05, 4.69) is 45.0 Å². The van der Waals surface area contributed by atoms with Crippen LogP contribution in [-0.4, -0.2) is 13.2 Å². The first-order valence-corrected chi connectivity index (χ1v) is 8.05. The third-order valence-electron chi connectivity index (χ3n) is 3.49. The van der Waals surface area contributed by atoms with Crippen molar-refractivity contribution >= 4 is 0 Å². The van der Waals surface area contributed by atoms with E-state index in [0.29, 0.717) is 12.5 Å². The Hall–Kier alpha value is -0.860. The van der Waals surface area contributed by atoms with Crippen molar-refractivity contribution in [1.29, 1.82) is 0 Å². The lowest BCUT2D eigenvalue weighted by Gasteiger charge is -2.13. The summed E-state index contributed by atoms with van der Waals surface area (Å²) >= 11 is 0. The summed E-state index contributed by atoms with van der Waals surface area (Å²) in [5.74, 6) is 0.695. The minimum atomic E-state index is -0.00530. The molecule has 20 heavy (non-hydrogen) atoms. The standard InChI is InChI=1S/C18H31NO/c1-4-5-6-7-12-20-14-18(19)17-10-8-16(9-11-17)13-15(2)3/h8-11,15,18H,4-7,12-14,19H2,1-3H3. The molecule has 1 rings (SSSR count). The zero-order valence-electron chi connectivity index (χ0n) is 13.4. The topological polar surface area (TPSA) is 35.2 Å². The zero-order chi connectivity index (χ0) is 14.8. The zero-order valence-corrected chi connectivity index (χ0v) is 13.4. The third-order valence-corrected chi connectivity index (χ3v) is 3.49. The Morgan fingerprint density at radius 2 is 1.75 bits per heavy atom. The Bertz CT molecular complexity index is 345. The smallest absolute Gasteiger partial charge is 0.0659 e. The van der Waals surface area contributed by atoms with E-state index in [9.17, 15) is 0 Å². The molecule has 114 valence electrons. The number of hydrogen-bond acceptors (Lipinski definition) is 2. The van der Waals surface area contributed by atoms with E-state index in [1.165, 1.54) is 30.4 Å². The van der Waals surface area contributed by atoms with Gasteiger partial charge in [-0.3, -0.25) is 0 Å². The molecule has 2 heteroatoms. The van der Waals surface area contributed by atoms with Crippen molar-refractivity contribution in [3.05, 3.63) is 35.4 Å². The first kappa shape index (κ1) is 17.2. The van der Waals surface area contributed by atoms with Crippen LogP contribution >= 0.6 is 0 Å². The van der Waals surface area contributed by atoms with Crippen LogP contribution in [0.15, 0.2) is 24.3 Å². The lowest BCUT2D eigenvalue weighted by Crippen LogP contribution is -2.17. The van der Waals surface area contributed by atoms with Gasteiger partial charge in [-0.2, -0.15) is 0 Å². The molecule has 0 amide bonds. The average Bonchev–Trinajstić information content (AvgIpc) is 2.42. The van der Waals surface area contributed by atoms with E-state index < -0.39 is 0 Å². The van der Waals surface area contributed by atoms with Gasteiger partial charge in [-0.15, -0.1) is 0 Å². The average molecular weight is 277 g/mol. The van der Waals surface area contributed by atoms with Crippen molar-refractivity contribution < 1.29 is 4.74 Å². The molecule has 0 fully saturated rings. The molecule has 1 aromatic carbocycles. The van der Waals surface area contributed by atoms with Crippen LogP contribution in [0.5, 0.6) is 0 Å². The Balaban J connectivity index is 2.27. The van der Waals surface area contributed by atoms with Gasteiger partial charge in [0.25, 0.3) is 0 Å². The van der Waals surface area contributed by atoms with Gasteiger partial charge in [0.15, 0.2) is 0 Å². The van der Waals surface area contributed by atoms with Crippen molar-refractivity contribution in [2.24, 2.45) is 11.7 Å². The quantitative estimate of drug-likeness (QED) is 0.640. The van der Waals surface area contributed by atoms with Gasteiger partial charge in [0.2, 0.25) is 0 Å². The summed E-state index contributed by atoms with van der Waals surface area (Å²) in [7, 11) is 0. The molecule has 0 saturated carbocycles. The molecule has 0 spiro atoms. The van der Waals surface area contributed by atoms with Crippen molar-refractivity contribution in [3.8, 4) is 0 Å². The number of nitrogens with two attached hydrogens (primary N) is 1. The molecule has 0 heterocycles. The molecule has 0 aliphatic heterocycles. The maximum absolute atomic E-state index is 6.16. The van der Waals surface area contributed by atoms with E-state index in [1.807, 2.05) is 0 Å². The fraction of sp³-hybridized carbons (Fsp3) is 0.667. The summed E-state index contributed by atoms with van der Waals surface area (Å²) < 4.78 is 5.67. The molecule has 1 aromatic rings. The highest BCUT2D eigenvalue weighted by molar-refractivity contribution is 5.25. The van der Waals surface area contributed by atoms with Crippen LogP contribution in [0.2, 0.25) is 0 Å². The summed E-state index contributed by atoms with van der Waals surface area (Å²) in [5.41, 5.74) is 8.72. The van der Waals surface area contributed by atoms with Gasteiger partial charge in [0.1, 0.15) is 0 Å². The van der Waals surface area contributed by atoms with E-state index in [1.54, 1.807) is 0 Å². The van der Waals surface area contributed by atoms with E-state index in [0.717, 1.165) is 19.4 Å². The molecule has 0 aromatic heterocycles. The van der Waals surface area contributed by atoms with E-state index in [4.69, 9.17) is 10.5 Å². The van der Waals surface area contributed by atoms with Crippen LogP contribution in [0.1, 0.15) is 63.6 Å². The maximum atomic E-state index is 6.16. The predicted octanol–water partition coefficient (Wildman–Crippen LogP) is 4.48. The summed E-state index contributed by atoms with van der Waals surface area (Å²) in [5, 5.41) is 0. The van der Waals surface area contributed by atoms with Gasteiger partial charge < -0.3 is 10.5 Å². The molecule has 0 aliphatic rings. The van der Waals surface area contributed by atoms with Crippen molar-refractivity contribution in [2.75, 3.05) is 13.2 Å². The number of hydrogen-bond donors (Lipinski definition) is 1. The molecule has 1 unspecified atom stereocenters. The van der Waals surface area contributed by atoms with Gasteiger partial charge in [0.05, 0.1) is 12.6 Å². The van der Waals surface area contributed by atoms with Crippen LogP contribution < -0.4 is 5.73 Å². The van der Waals surface area contributed by atoms with Gasteiger partial charge in [-0.05, 0) is 29.9 Å². The second kappa shape index (κ2) is 9.95. The SMILES string of the molecule is CCCCCCOCC(N)c1ccc(CC(C)C)cc1. The first-order chi connectivity index (χ1) is 9.63. The van der Waals surface area contributed by atoms with Gasteiger partial charge in [-0.1, -0.05) is 64.3 Å². The fourth-order valence-corrected chi connectivity index (χ4v) is 2.31. The molecule has 2 nitrogen and oxygen atoms in total. The van der Waals surface area contributed by atoms with Crippen LogP contribution in [0.4, 0.5) is 0 Å². The Morgan fingerprint density at radius 1 is 1.05 bits per heavy atom. The first-order valence-electron chi connectivity index (χ1n) is 8.05. The molecule has 0 bridgehead atoms. The van der Waals surface area contributed by atoms with Crippen LogP contribution in [0.3, 0.4) is 0 Å². The minimum absolute atomic E-state index is 0.00530. The van der Waals surface area contributed by atoms with Crippen molar-refractivity contribution in [1.82, 2.24) is 0 Å².